The van der Waals surface area contributed by atoms with Crippen molar-refractivity contribution < 1.29 is 4.79 Å². The fourth-order valence-electron chi connectivity index (χ4n) is 3.97. The van der Waals surface area contributed by atoms with Gasteiger partial charge in [0.1, 0.15) is 5.54 Å². The second-order valence-electron chi connectivity index (χ2n) is 7.27. The van der Waals surface area contributed by atoms with Crippen LogP contribution in [0.2, 0.25) is 0 Å². The summed E-state index contributed by atoms with van der Waals surface area (Å²) in [6.07, 6.45) is 8.10. The molecule has 4 heterocycles. The number of pyridine rings is 1. The molecule has 0 aromatic carbocycles. The average molecular weight is 352 g/mol. The third-order valence-electron chi connectivity index (χ3n) is 5.45. The largest absolute Gasteiger partial charge is 0.343 e. The zero-order chi connectivity index (χ0) is 18.1. The molecule has 0 unspecified atom stereocenters. The summed E-state index contributed by atoms with van der Waals surface area (Å²) in [6.45, 7) is 5.73. The van der Waals surface area contributed by atoms with E-state index in [-0.39, 0.29) is 5.91 Å². The van der Waals surface area contributed by atoms with Crippen LogP contribution in [-0.2, 0) is 11.3 Å². The third-order valence-corrected chi connectivity index (χ3v) is 5.45. The minimum atomic E-state index is -0.517. The summed E-state index contributed by atoms with van der Waals surface area (Å²) >= 11 is 0. The molecule has 7 heteroatoms. The van der Waals surface area contributed by atoms with Crippen LogP contribution in [0.4, 0.5) is 5.95 Å². The molecule has 1 amide bonds. The van der Waals surface area contributed by atoms with Crippen LogP contribution >= 0.6 is 0 Å². The first-order valence-corrected chi connectivity index (χ1v) is 9.02. The molecule has 2 aliphatic heterocycles. The molecule has 0 aliphatic carbocycles. The van der Waals surface area contributed by atoms with Gasteiger partial charge in [0.15, 0.2) is 0 Å². The van der Waals surface area contributed by atoms with Crippen molar-refractivity contribution in [2.45, 2.75) is 25.4 Å². The maximum absolute atomic E-state index is 13.2. The third kappa shape index (κ3) is 2.92. The Morgan fingerprint density at radius 2 is 1.96 bits per heavy atom. The summed E-state index contributed by atoms with van der Waals surface area (Å²) in [4.78, 5) is 32.6. The molecule has 2 saturated heterocycles. The number of amides is 1. The number of hydrogen-bond donors (Lipinski definition) is 0. The Morgan fingerprint density at radius 3 is 2.69 bits per heavy atom. The highest BCUT2D eigenvalue weighted by Crippen LogP contribution is 2.35. The molecule has 0 saturated carbocycles. The van der Waals surface area contributed by atoms with Crippen molar-refractivity contribution in [3.8, 4) is 0 Å². The summed E-state index contributed by atoms with van der Waals surface area (Å²) in [5.41, 5.74) is 1.65. The van der Waals surface area contributed by atoms with Crippen LogP contribution in [0.5, 0.6) is 0 Å². The van der Waals surface area contributed by atoms with Gasteiger partial charge < -0.3 is 9.80 Å². The van der Waals surface area contributed by atoms with Crippen molar-refractivity contribution in [3.63, 3.8) is 0 Å². The SMILES string of the molecule is Cc1cnc(N2CC[C@@]3(C2)C(=O)N(C)CCN3Cc2cccnc2)nc1. The van der Waals surface area contributed by atoms with E-state index in [1.807, 2.05) is 43.5 Å². The van der Waals surface area contributed by atoms with E-state index in [1.165, 1.54) is 0 Å². The van der Waals surface area contributed by atoms with E-state index in [4.69, 9.17) is 0 Å². The first-order chi connectivity index (χ1) is 12.6. The van der Waals surface area contributed by atoms with E-state index < -0.39 is 5.54 Å². The number of anilines is 1. The van der Waals surface area contributed by atoms with Crippen LogP contribution in [0.25, 0.3) is 0 Å². The second-order valence-corrected chi connectivity index (χ2v) is 7.27. The molecule has 1 atom stereocenters. The van der Waals surface area contributed by atoms with E-state index in [0.29, 0.717) is 12.5 Å². The molecular weight excluding hydrogens is 328 g/mol. The average Bonchev–Trinajstić information content (AvgIpc) is 3.10. The predicted molar refractivity (Wildman–Crippen MR) is 98.6 cm³/mol. The lowest BCUT2D eigenvalue weighted by Crippen LogP contribution is -2.65. The summed E-state index contributed by atoms with van der Waals surface area (Å²) < 4.78 is 0. The van der Waals surface area contributed by atoms with Gasteiger partial charge in [-0.1, -0.05) is 6.07 Å². The quantitative estimate of drug-likeness (QED) is 0.824. The minimum absolute atomic E-state index is 0.197. The van der Waals surface area contributed by atoms with Crippen molar-refractivity contribution >= 4 is 11.9 Å². The topological polar surface area (TPSA) is 65.5 Å². The lowest BCUT2D eigenvalue weighted by atomic mass is 9.91. The Bertz CT molecular complexity index is 780. The number of carbonyl (C=O) groups excluding carboxylic acids is 1. The Morgan fingerprint density at radius 1 is 1.15 bits per heavy atom. The molecule has 2 aromatic rings. The molecule has 0 bridgehead atoms. The lowest BCUT2D eigenvalue weighted by molar-refractivity contribution is -0.148. The number of rotatable bonds is 3. The highest BCUT2D eigenvalue weighted by atomic mass is 16.2. The summed E-state index contributed by atoms with van der Waals surface area (Å²) in [6, 6.07) is 4.01. The summed E-state index contributed by atoms with van der Waals surface area (Å²) in [5.74, 6) is 0.900. The monoisotopic (exact) mass is 352 g/mol. The van der Waals surface area contributed by atoms with Gasteiger partial charge in [0.2, 0.25) is 11.9 Å². The van der Waals surface area contributed by atoms with Crippen LogP contribution in [0.1, 0.15) is 17.5 Å². The van der Waals surface area contributed by atoms with Crippen LogP contribution in [0, 0.1) is 6.92 Å². The molecule has 4 rings (SSSR count). The first-order valence-electron chi connectivity index (χ1n) is 9.02. The van der Waals surface area contributed by atoms with Gasteiger partial charge in [-0.25, -0.2) is 9.97 Å². The first kappa shape index (κ1) is 16.9. The van der Waals surface area contributed by atoms with Crippen molar-refractivity contribution in [1.29, 1.82) is 0 Å². The normalized spacial score (nSPS) is 23.8. The number of aromatic nitrogens is 3. The van der Waals surface area contributed by atoms with Crippen molar-refractivity contribution in [2.24, 2.45) is 0 Å². The van der Waals surface area contributed by atoms with Gasteiger partial charge in [0.05, 0.1) is 0 Å². The Kier molecular flexibility index (Phi) is 4.32. The van der Waals surface area contributed by atoms with Gasteiger partial charge >= 0.3 is 0 Å². The zero-order valence-corrected chi connectivity index (χ0v) is 15.3. The molecule has 0 N–H and O–H groups in total. The number of carbonyl (C=O) groups is 1. The maximum atomic E-state index is 13.2. The fourth-order valence-corrected chi connectivity index (χ4v) is 3.97. The summed E-state index contributed by atoms with van der Waals surface area (Å²) in [5, 5.41) is 0. The number of nitrogens with zero attached hydrogens (tertiary/aromatic N) is 6. The Hall–Kier alpha value is -2.54. The van der Waals surface area contributed by atoms with Gasteiger partial charge in [0.25, 0.3) is 0 Å². The fraction of sp³-hybridized carbons (Fsp3) is 0.474. The second kappa shape index (κ2) is 6.64. The van der Waals surface area contributed by atoms with Gasteiger partial charge in [-0.3, -0.25) is 14.7 Å². The standard InChI is InChI=1S/C19H24N6O/c1-15-10-21-18(22-11-15)24-7-5-19(14-24)17(26)23(2)8-9-25(19)13-16-4-3-6-20-12-16/h3-4,6,10-12H,5,7-9,13-14H2,1-2H3/t19-/m1/s1. The van der Waals surface area contributed by atoms with Crippen molar-refractivity contribution in [2.75, 3.05) is 38.1 Å². The van der Waals surface area contributed by atoms with E-state index in [2.05, 4.69) is 30.8 Å². The molecule has 7 nitrogen and oxygen atoms in total. The number of aryl methyl sites for hydroxylation is 1. The number of hydrogen-bond acceptors (Lipinski definition) is 6. The number of piperazine rings is 1. The van der Waals surface area contributed by atoms with Crippen LogP contribution < -0.4 is 4.90 Å². The van der Waals surface area contributed by atoms with E-state index in [1.54, 1.807) is 6.20 Å². The van der Waals surface area contributed by atoms with E-state index in [0.717, 1.165) is 43.7 Å². The van der Waals surface area contributed by atoms with Crippen molar-refractivity contribution in [1.82, 2.24) is 24.8 Å². The molecule has 0 radical (unpaired) electrons. The molecule has 2 aliphatic rings. The van der Waals surface area contributed by atoms with E-state index in [9.17, 15) is 4.79 Å². The van der Waals surface area contributed by atoms with Gasteiger partial charge in [-0.2, -0.15) is 0 Å². The van der Waals surface area contributed by atoms with Crippen LogP contribution in [0.3, 0.4) is 0 Å². The van der Waals surface area contributed by atoms with Gasteiger partial charge in [-0.05, 0) is 30.5 Å². The highest BCUT2D eigenvalue weighted by molar-refractivity contribution is 5.88. The maximum Gasteiger partial charge on any atom is 0.244 e. The smallest absolute Gasteiger partial charge is 0.244 e. The predicted octanol–water partition coefficient (Wildman–Crippen LogP) is 1.10. The molecule has 136 valence electrons. The zero-order valence-electron chi connectivity index (χ0n) is 15.3. The number of likely N-dealkylation sites (N-methyl/N-ethyl adjacent to an activating group) is 1. The minimum Gasteiger partial charge on any atom is -0.343 e. The van der Waals surface area contributed by atoms with Gasteiger partial charge in [-0.15, -0.1) is 0 Å². The van der Waals surface area contributed by atoms with E-state index >= 15 is 0 Å². The van der Waals surface area contributed by atoms with Crippen molar-refractivity contribution in [3.05, 3.63) is 48.0 Å². The van der Waals surface area contributed by atoms with Crippen LogP contribution in [-0.4, -0.2) is 69.4 Å². The molecule has 2 aromatic heterocycles. The molecular formula is C19H24N6O. The molecule has 26 heavy (non-hydrogen) atoms. The Labute approximate surface area is 153 Å². The molecule has 2 fully saturated rings. The van der Waals surface area contributed by atoms with Crippen LogP contribution in [0.15, 0.2) is 36.9 Å². The lowest BCUT2D eigenvalue weighted by Gasteiger charge is -2.46. The Balaban J connectivity index is 1.61. The highest BCUT2D eigenvalue weighted by Gasteiger charge is 2.52. The molecule has 1 spiro atoms. The van der Waals surface area contributed by atoms with Gasteiger partial charge in [0, 0.05) is 64.6 Å². The summed E-state index contributed by atoms with van der Waals surface area (Å²) in [7, 11) is 1.90.